The van der Waals surface area contributed by atoms with Crippen LogP contribution in [0.15, 0.2) is 35.4 Å². The molecule has 1 aliphatic carbocycles. The number of benzene rings is 2. The van der Waals surface area contributed by atoms with Crippen LogP contribution >= 0.6 is 23.2 Å². The Morgan fingerprint density at radius 2 is 1.94 bits per heavy atom. The molecule has 2 aliphatic heterocycles. The molecule has 168 valence electrons. The van der Waals surface area contributed by atoms with Crippen LogP contribution in [0, 0.1) is 11.7 Å². The van der Waals surface area contributed by atoms with Gasteiger partial charge in [0.05, 0.1) is 27.9 Å². The lowest BCUT2D eigenvalue weighted by molar-refractivity contribution is 0.327. The van der Waals surface area contributed by atoms with Gasteiger partial charge in [-0.15, -0.1) is 0 Å². The van der Waals surface area contributed by atoms with Crippen molar-refractivity contribution in [2.45, 2.75) is 18.9 Å². The van der Waals surface area contributed by atoms with Crippen LogP contribution in [0.4, 0.5) is 10.1 Å². The van der Waals surface area contributed by atoms with Crippen LogP contribution in [-0.4, -0.2) is 34.9 Å². The summed E-state index contributed by atoms with van der Waals surface area (Å²) in [7, 11) is -2.33. The molecular formula is C20H17Cl2FN4O4S. The predicted octanol–water partition coefficient (Wildman–Crippen LogP) is 3.92. The van der Waals surface area contributed by atoms with Gasteiger partial charge in [-0.25, -0.2) is 9.37 Å². The van der Waals surface area contributed by atoms with E-state index < -0.39 is 27.3 Å². The van der Waals surface area contributed by atoms with Gasteiger partial charge in [-0.2, -0.15) is 12.7 Å². The van der Waals surface area contributed by atoms with Gasteiger partial charge in [0, 0.05) is 19.6 Å². The summed E-state index contributed by atoms with van der Waals surface area (Å²) in [6.45, 7) is 0.456. The Bertz CT molecular complexity index is 1420. The molecule has 0 atom stereocenters. The number of nitrogens with one attached hydrogen (secondary N) is 1. The number of hydrogen-bond donors (Lipinski definition) is 1. The molecule has 3 aromatic rings. The molecule has 0 radical (unpaired) electrons. The first kappa shape index (κ1) is 21.4. The number of aromatic nitrogens is 2. The van der Waals surface area contributed by atoms with E-state index in [4.69, 9.17) is 27.9 Å². The smallest absolute Gasteiger partial charge is 0.301 e. The van der Waals surface area contributed by atoms with Crippen molar-refractivity contribution < 1.29 is 17.5 Å². The van der Waals surface area contributed by atoms with Crippen molar-refractivity contribution in [2.24, 2.45) is 13.0 Å². The molecule has 1 N–H and O–H groups in total. The second-order valence-electron chi connectivity index (χ2n) is 7.94. The van der Waals surface area contributed by atoms with Gasteiger partial charge in [-0.1, -0.05) is 23.2 Å². The highest BCUT2D eigenvalue weighted by atomic mass is 35.5. The molecule has 1 saturated carbocycles. The minimum absolute atomic E-state index is 0.0138. The summed E-state index contributed by atoms with van der Waals surface area (Å²) < 4.78 is 50.8. The highest BCUT2D eigenvalue weighted by Crippen LogP contribution is 2.44. The molecule has 0 spiro atoms. The van der Waals surface area contributed by atoms with E-state index in [1.165, 1.54) is 40.4 Å². The highest BCUT2D eigenvalue weighted by Gasteiger charge is 2.48. The molecule has 32 heavy (non-hydrogen) atoms. The lowest BCUT2D eigenvalue weighted by Gasteiger charge is -2.26. The lowest BCUT2D eigenvalue weighted by Crippen LogP contribution is -2.38. The minimum atomic E-state index is -3.85. The molecule has 8 nitrogen and oxygen atoms in total. The van der Waals surface area contributed by atoms with Gasteiger partial charge in [-0.3, -0.25) is 9.52 Å². The van der Waals surface area contributed by atoms with Crippen molar-refractivity contribution in [3.8, 4) is 11.5 Å². The topological polar surface area (TPSA) is 93.5 Å². The Morgan fingerprint density at radius 3 is 2.62 bits per heavy atom. The number of halogens is 3. The average molecular weight is 499 g/mol. The summed E-state index contributed by atoms with van der Waals surface area (Å²) in [5.74, 6) is -0.877. The molecule has 0 amide bonds. The van der Waals surface area contributed by atoms with Crippen molar-refractivity contribution in [1.82, 2.24) is 13.9 Å². The molecule has 2 bridgehead atoms. The van der Waals surface area contributed by atoms with E-state index in [0.717, 1.165) is 18.9 Å². The largest absolute Gasteiger partial charge is 0.451 e. The molecule has 0 unspecified atom stereocenters. The normalized spacial score (nSPS) is 20.4. The van der Waals surface area contributed by atoms with Crippen molar-refractivity contribution in [3.05, 3.63) is 56.8 Å². The molecule has 12 heteroatoms. The first-order valence-corrected chi connectivity index (χ1v) is 11.9. The van der Waals surface area contributed by atoms with E-state index in [2.05, 4.69) is 9.71 Å². The average Bonchev–Trinajstić information content (AvgIpc) is 3.34. The van der Waals surface area contributed by atoms with Crippen molar-refractivity contribution in [1.29, 1.82) is 0 Å². The zero-order chi connectivity index (χ0) is 22.8. The van der Waals surface area contributed by atoms with Gasteiger partial charge >= 0.3 is 10.2 Å². The number of ether oxygens (including phenoxy) is 1. The fourth-order valence-corrected chi connectivity index (χ4v) is 6.22. The monoisotopic (exact) mass is 498 g/mol. The van der Waals surface area contributed by atoms with Crippen molar-refractivity contribution >= 4 is 50.0 Å². The first-order valence-electron chi connectivity index (χ1n) is 9.75. The fraction of sp³-hybridized carbons (Fsp3) is 0.300. The van der Waals surface area contributed by atoms with Gasteiger partial charge in [0.25, 0.3) is 5.56 Å². The summed E-state index contributed by atoms with van der Waals surface area (Å²) in [4.78, 5) is 16.6. The van der Waals surface area contributed by atoms with E-state index in [-0.39, 0.29) is 32.9 Å². The number of fused-ring (bicyclic) bond motifs is 2. The lowest BCUT2D eigenvalue weighted by atomic mass is 9.87. The van der Waals surface area contributed by atoms with Crippen LogP contribution in [0.1, 0.15) is 12.8 Å². The zero-order valence-corrected chi connectivity index (χ0v) is 19.0. The number of hydrogen-bond acceptors (Lipinski definition) is 5. The summed E-state index contributed by atoms with van der Waals surface area (Å²) in [5, 5.41) is -0.222. The standard InChI is InChI=1S/C20H17Cl2FN4O4S/c1-26-9-24-13-4-5-15(18(22)16(13)20(26)28)31-19-12(23)2-3-14(17(19)21)25-32(29,30)27-8-10-6-11(27)7-10/h2-5,9-11,25H,6-8H2,1H3. The maximum Gasteiger partial charge on any atom is 0.301 e. The van der Waals surface area contributed by atoms with E-state index in [0.29, 0.717) is 18.0 Å². The van der Waals surface area contributed by atoms with Gasteiger partial charge < -0.3 is 9.30 Å². The van der Waals surface area contributed by atoms with Crippen LogP contribution < -0.4 is 15.0 Å². The number of anilines is 1. The second kappa shape index (κ2) is 7.58. The van der Waals surface area contributed by atoms with Crippen molar-refractivity contribution in [2.75, 3.05) is 11.3 Å². The van der Waals surface area contributed by atoms with Crippen LogP contribution in [-0.2, 0) is 17.3 Å². The summed E-state index contributed by atoms with van der Waals surface area (Å²) in [5.41, 5.74) is -0.0771. The van der Waals surface area contributed by atoms with E-state index >= 15 is 0 Å². The first-order chi connectivity index (χ1) is 15.2. The van der Waals surface area contributed by atoms with Crippen LogP contribution in [0.2, 0.25) is 10.0 Å². The molecular weight excluding hydrogens is 482 g/mol. The summed E-state index contributed by atoms with van der Waals surface area (Å²) in [6.07, 6.45) is 3.06. The van der Waals surface area contributed by atoms with Gasteiger partial charge in [0.15, 0.2) is 11.6 Å². The quantitative estimate of drug-likeness (QED) is 0.575. The van der Waals surface area contributed by atoms with E-state index in [1.807, 2.05) is 0 Å². The van der Waals surface area contributed by atoms with E-state index in [9.17, 15) is 17.6 Å². The Balaban J connectivity index is 1.50. The Morgan fingerprint density at radius 1 is 1.19 bits per heavy atom. The van der Waals surface area contributed by atoms with Gasteiger partial charge in [0.2, 0.25) is 0 Å². The predicted molar refractivity (Wildman–Crippen MR) is 119 cm³/mol. The third-order valence-electron chi connectivity index (χ3n) is 5.85. The van der Waals surface area contributed by atoms with E-state index in [1.54, 1.807) is 0 Å². The zero-order valence-electron chi connectivity index (χ0n) is 16.7. The van der Waals surface area contributed by atoms with Gasteiger partial charge in [0.1, 0.15) is 10.8 Å². The molecule has 2 aromatic carbocycles. The van der Waals surface area contributed by atoms with Crippen molar-refractivity contribution in [3.63, 3.8) is 0 Å². The van der Waals surface area contributed by atoms with Gasteiger partial charge in [-0.05, 0) is 43.0 Å². The Kier molecular flexibility index (Phi) is 5.08. The third kappa shape index (κ3) is 3.42. The maximum atomic E-state index is 14.6. The second-order valence-corrected chi connectivity index (χ2v) is 10.3. The molecule has 6 rings (SSSR count). The fourth-order valence-electron chi connectivity index (χ4n) is 4.11. The molecule has 3 fully saturated rings. The van der Waals surface area contributed by atoms with Crippen LogP contribution in [0.5, 0.6) is 11.5 Å². The highest BCUT2D eigenvalue weighted by molar-refractivity contribution is 7.90. The number of aryl methyl sites for hydroxylation is 1. The van der Waals surface area contributed by atoms with Crippen LogP contribution in [0.25, 0.3) is 10.9 Å². The number of nitrogens with zero attached hydrogens (tertiary/aromatic N) is 3. The molecule has 3 heterocycles. The maximum absolute atomic E-state index is 14.6. The Hall–Kier alpha value is -2.40. The summed E-state index contributed by atoms with van der Waals surface area (Å²) >= 11 is 12.7. The molecule has 2 saturated heterocycles. The van der Waals surface area contributed by atoms with Crippen LogP contribution in [0.3, 0.4) is 0 Å². The SMILES string of the molecule is Cn1cnc2ccc(Oc3c(F)ccc(NS(=O)(=O)N4CC5CC4C5)c3Cl)c(Cl)c2c1=O. The molecule has 1 aromatic heterocycles. The molecule has 3 aliphatic rings. The number of rotatable bonds is 5. The summed E-state index contributed by atoms with van der Waals surface area (Å²) in [6, 6.07) is 5.19. The third-order valence-corrected chi connectivity index (χ3v) is 8.15. The minimum Gasteiger partial charge on any atom is -0.451 e. The Labute approximate surface area is 192 Å².